The second-order valence-electron chi connectivity index (χ2n) is 5.29. The van der Waals surface area contributed by atoms with Gasteiger partial charge in [-0.15, -0.1) is 0 Å². The van der Waals surface area contributed by atoms with Crippen LogP contribution in [0, 0.1) is 13.8 Å². The maximum absolute atomic E-state index is 6.17. The van der Waals surface area contributed by atoms with Crippen LogP contribution in [0.2, 0.25) is 5.02 Å². The molecule has 0 aliphatic heterocycles. The molecular weight excluding hydrogens is 326 g/mol. The monoisotopic (exact) mass is 341 g/mol. The normalized spacial score (nSPS) is 10.5. The zero-order chi connectivity index (χ0) is 17.1. The van der Waals surface area contributed by atoms with E-state index in [1.807, 2.05) is 56.3 Å². The minimum absolute atomic E-state index is 0.228. The van der Waals surface area contributed by atoms with Crippen molar-refractivity contribution in [3.05, 3.63) is 64.9 Å². The van der Waals surface area contributed by atoms with Crippen LogP contribution in [-0.2, 0) is 0 Å². The molecule has 6 heteroatoms. The highest BCUT2D eigenvalue weighted by atomic mass is 35.5. The largest absolute Gasteiger partial charge is 0.437 e. The zero-order valence-electron chi connectivity index (χ0n) is 13.3. The van der Waals surface area contributed by atoms with Crippen LogP contribution in [0.4, 0.5) is 5.69 Å². The summed E-state index contributed by atoms with van der Waals surface area (Å²) in [6.07, 6.45) is 1.35. The number of aromatic nitrogens is 2. The van der Waals surface area contributed by atoms with Crippen LogP contribution in [0.5, 0.6) is 23.3 Å². The van der Waals surface area contributed by atoms with Crippen LogP contribution in [-0.4, -0.2) is 9.97 Å². The van der Waals surface area contributed by atoms with Gasteiger partial charge >= 0.3 is 0 Å². The standard InChI is InChI=1S/C18H16ClN3O2/c1-11-8-14(9-12(2)15(11)19)24-18-16(20)17(21-10-22-18)23-13-6-4-3-5-7-13/h3-10H,20H2,1-2H3. The van der Waals surface area contributed by atoms with Crippen molar-refractivity contribution in [3.63, 3.8) is 0 Å². The molecule has 122 valence electrons. The summed E-state index contributed by atoms with van der Waals surface area (Å²) in [5.74, 6) is 1.71. The molecule has 0 fully saturated rings. The Bertz CT molecular complexity index is 846. The topological polar surface area (TPSA) is 70.3 Å². The second kappa shape index (κ2) is 6.76. The first-order chi connectivity index (χ1) is 11.5. The van der Waals surface area contributed by atoms with Crippen LogP contribution in [0.25, 0.3) is 0 Å². The van der Waals surface area contributed by atoms with Crippen molar-refractivity contribution in [1.29, 1.82) is 0 Å². The molecule has 0 amide bonds. The molecular formula is C18H16ClN3O2. The number of nitrogens with zero attached hydrogens (tertiary/aromatic N) is 2. The van der Waals surface area contributed by atoms with Crippen LogP contribution in [0.15, 0.2) is 48.8 Å². The first kappa shape index (κ1) is 16.1. The maximum atomic E-state index is 6.17. The molecule has 1 aromatic heterocycles. The molecule has 3 rings (SSSR count). The third-order valence-electron chi connectivity index (χ3n) is 3.39. The number of anilines is 1. The number of aryl methyl sites for hydroxylation is 2. The van der Waals surface area contributed by atoms with E-state index in [0.29, 0.717) is 16.5 Å². The highest BCUT2D eigenvalue weighted by molar-refractivity contribution is 6.32. The van der Waals surface area contributed by atoms with Crippen LogP contribution in [0.3, 0.4) is 0 Å². The predicted molar refractivity (Wildman–Crippen MR) is 94.0 cm³/mol. The Morgan fingerprint density at radius 2 is 1.42 bits per heavy atom. The van der Waals surface area contributed by atoms with Gasteiger partial charge in [0.05, 0.1) is 0 Å². The van der Waals surface area contributed by atoms with Gasteiger partial charge in [0.15, 0.2) is 5.69 Å². The molecule has 1 heterocycles. The van der Waals surface area contributed by atoms with E-state index < -0.39 is 0 Å². The predicted octanol–water partition coefficient (Wildman–Crippen LogP) is 4.91. The molecule has 0 spiro atoms. The second-order valence-corrected chi connectivity index (χ2v) is 5.66. The molecule has 0 saturated carbocycles. The summed E-state index contributed by atoms with van der Waals surface area (Å²) in [7, 11) is 0. The summed E-state index contributed by atoms with van der Waals surface area (Å²) < 4.78 is 11.5. The highest BCUT2D eigenvalue weighted by Gasteiger charge is 2.13. The van der Waals surface area contributed by atoms with Gasteiger partial charge in [0, 0.05) is 5.02 Å². The Kier molecular flexibility index (Phi) is 4.53. The lowest BCUT2D eigenvalue weighted by atomic mass is 10.1. The molecule has 0 aliphatic rings. The minimum atomic E-state index is 0.228. The highest BCUT2D eigenvalue weighted by Crippen LogP contribution is 2.34. The Morgan fingerprint density at radius 1 is 0.875 bits per heavy atom. The average Bonchev–Trinajstić information content (AvgIpc) is 2.57. The molecule has 0 bridgehead atoms. The van der Waals surface area contributed by atoms with Crippen molar-refractivity contribution in [2.75, 3.05) is 5.73 Å². The molecule has 5 nitrogen and oxygen atoms in total. The fraction of sp³-hybridized carbons (Fsp3) is 0.111. The van der Waals surface area contributed by atoms with E-state index in [1.165, 1.54) is 6.33 Å². The van der Waals surface area contributed by atoms with Gasteiger partial charge in [-0.3, -0.25) is 0 Å². The zero-order valence-corrected chi connectivity index (χ0v) is 14.0. The van der Waals surface area contributed by atoms with Gasteiger partial charge in [-0.25, -0.2) is 0 Å². The van der Waals surface area contributed by atoms with E-state index in [1.54, 1.807) is 0 Å². The van der Waals surface area contributed by atoms with E-state index in [2.05, 4.69) is 9.97 Å². The lowest BCUT2D eigenvalue weighted by Crippen LogP contribution is -2.00. The van der Waals surface area contributed by atoms with Crippen LogP contribution >= 0.6 is 11.6 Å². The number of benzene rings is 2. The molecule has 24 heavy (non-hydrogen) atoms. The van der Waals surface area contributed by atoms with Gasteiger partial charge in [0.1, 0.15) is 17.8 Å². The Hall–Kier alpha value is -2.79. The molecule has 2 N–H and O–H groups in total. The Balaban J connectivity index is 1.88. The van der Waals surface area contributed by atoms with Crippen molar-refractivity contribution >= 4 is 17.3 Å². The number of halogens is 1. The lowest BCUT2D eigenvalue weighted by molar-refractivity contribution is 0.438. The summed E-state index contributed by atoms with van der Waals surface area (Å²) >= 11 is 6.17. The Labute approximate surface area is 145 Å². The van der Waals surface area contributed by atoms with Crippen molar-refractivity contribution in [2.24, 2.45) is 0 Å². The number of para-hydroxylation sites is 1. The quantitative estimate of drug-likeness (QED) is 0.729. The number of ether oxygens (including phenoxy) is 2. The number of hydrogen-bond acceptors (Lipinski definition) is 5. The van der Waals surface area contributed by atoms with Gasteiger partial charge < -0.3 is 15.2 Å². The van der Waals surface area contributed by atoms with Crippen molar-refractivity contribution < 1.29 is 9.47 Å². The third kappa shape index (κ3) is 3.41. The van der Waals surface area contributed by atoms with E-state index in [0.717, 1.165) is 11.1 Å². The number of hydrogen-bond donors (Lipinski definition) is 1. The molecule has 0 saturated heterocycles. The van der Waals surface area contributed by atoms with E-state index >= 15 is 0 Å². The maximum Gasteiger partial charge on any atom is 0.249 e. The Morgan fingerprint density at radius 3 is 2.00 bits per heavy atom. The first-order valence-corrected chi connectivity index (χ1v) is 7.70. The van der Waals surface area contributed by atoms with Gasteiger partial charge in [-0.05, 0) is 49.2 Å². The number of nitrogen functional groups attached to an aromatic ring is 1. The first-order valence-electron chi connectivity index (χ1n) is 7.32. The van der Waals surface area contributed by atoms with Crippen LogP contribution in [0.1, 0.15) is 11.1 Å². The summed E-state index contributed by atoms with van der Waals surface area (Å²) in [6, 6.07) is 12.9. The molecule has 0 aliphatic carbocycles. The molecule has 2 aromatic carbocycles. The minimum Gasteiger partial charge on any atom is -0.437 e. The lowest BCUT2D eigenvalue weighted by Gasteiger charge is -2.12. The van der Waals surface area contributed by atoms with Crippen molar-refractivity contribution in [2.45, 2.75) is 13.8 Å². The van der Waals surface area contributed by atoms with Crippen molar-refractivity contribution in [3.8, 4) is 23.3 Å². The van der Waals surface area contributed by atoms with E-state index in [9.17, 15) is 0 Å². The molecule has 0 atom stereocenters. The molecule has 0 unspecified atom stereocenters. The molecule has 0 radical (unpaired) electrons. The van der Waals surface area contributed by atoms with Crippen molar-refractivity contribution in [1.82, 2.24) is 9.97 Å². The van der Waals surface area contributed by atoms with Gasteiger partial charge in [0.25, 0.3) is 0 Å². The number of nitrogens with two attached hydrogens (primary N) is 1. The fourth-order valence-electron chi connectivity index (χ4n) is 2.20. The smallest absolute Gasteiger partial charge is 0.249 e. The van der Waals surface area contributed by atoms with Crippen LogP contribution < -0.4 is 15.2 Å². The summed E-state index contributed by atoms with van der Waals surface area (Å²) in [5, 5.41) is 0.714. The summed E-state index contributed by atoms with van der Waals surface area (Å²) in [5.41, 5.74) is 8.15. The van der Waals surface area contributed by atoms with Gasteiger partial charge in [-0.2, -0.15) is 9.97 Å². The van der Waals surface area contributed by atoms with E-state index in [4.69, 9.17) is 26.8 Å². The SMILES string of the molecule is Cc1cc(Oc2ncnc(Oc3ccccc3)c2N)cc(C)c1Cl. The third-order valence-corrected chi connectivity index (χ3v) is 3.99. The summed E-state index contributed by atoms with van der Waals surface area (Å²) in [6.45, 7) is 3.82. The number of rotatable bonds is 4. The average molecular weight is 342 g/mol. The van der Waals surface area contributed by atoms with E-state index in [-0.39, 0.29) is 17.4 Å². The molecule has 3 aromatic rings. The van der Waals surface area contributed by atoms with Gasteiger partial charge in [-0.1, -0.05) is 29.8 Å². The fourth-order valence-corrected chi connectivity index (χ4v) is 2.31. The van der Waals surface area contributed by atoms with Gasteiger partial charge in [0.2, 0.25) is 11.8 Å². The summed E-state index contributed by atoms with van der Waals surface area (Å²) in [4.78, 5) is 8.15.